The number of benzene rings is 1. The monoisotopic (exact) mass is 552 g/mol. The third-order valence-corrected chi connectivity index (χ3v) is 5.48. The molecule has 0 saturated heterocycles. The van der Waals surface area contributed by atoms with E-state index in [-0.39, 0.29) is 36.6 Å². The van der Waals surface area contributed by atoms with Gasteiger partial charge in [0.2, 0.25) is 0 Å². The second-order valence-electron chi connectivity index (χ2n) is 7.86. The Morgan fingerprint density at radius 1 is 1.28 bits per heavy atom. The van der Waals surface area contributed by atoms with Gasteiger partial charge in [0, 0.05) is 19.0 Å². The molecular weight excluding hydrogens is 523 g/mol. The van der Waals surface area contributed by atoms with Crippen LogP contribution in [0.5, 0.6) is 5.75 Å². The quantitative estimate of drug-likeness (QED) is 0.245. The first-order chi connectivity index (χ1) is 14.9. The van der Waals surface area contributed by atoms with Gasteiger partial charge in [-0.1, -0.05) is 18.2 Å². The van der Waals surface area contributed by atoms with Gasteiger partial charge in [0.15, 0.2) is 11.8 Å². The summed E-state index contributed by atoms with van der Waals surface area (Å²) < 4.78 is 13.1. The maximum atomic E-state index is 10.8. The second kappa shape index (κ2) is 10.3. The number of aliphatic hydroxyl groups is 1. The molecule has 0 fully saturated rings. The number of hydrogen-bond acceptors (Lipinski definition) is 6. The number of furan rings is 1. The summed E-state index contributed by atoms with van der Waals surface area (Å²) in [6, 6.07) is 11.5. The Hall–Kier alpha value is -2.60. The fourth-order valence-electron chi connectivity index (χ4n) is 3.48. The Morgan fingerprint density at radius 2 is 2.09 bits per heavy atom. The number of aryl methyl sites for hydroxylation is 1. The van der Waals surface area contributed by atoms with Gasteiger partial charge in [-0.05, 0) is 32.0 Å². The van der Waals surface area contributed by atoms with Crippen molar-refractivity contribution in [3.63, 3.8) is 0 Å². The molecule has 1 aliphatic heterocycles. The van der Waals surface area contributed by atoms with Gasteiger partial charge in [0.1, 0.15) is 29.5 Å². The van der Waals surface area contributed by atoms with Crippen LogP contribution in [-0.4, -0.2) is 39.0 Å². The van der Waals surface area contributed by atoms with E-state index >= 15 is 0 Å². The van der Waals surface area contributed by atoms with Crippen LogP contribution < -0.4 is 15.4 Å². The van der Waals surface area contributed by atoms with Crippen molar-refractivity contribution in [3.05, 3.63) is 65.6 Å². The molecule has 4 rings (SSSR count). The largest absolute Gasteiger partial charge is 0.493 e. The molecule has 2 aromatic heterocycles. The summed E-state index contributed by atoms with van der Waals surface area (Å²) in [6.45, 7) is 4.79. The lowest BCUT2D eigenvalue weighted by Gasteiger charge is -2.29. The first-order valence-electron chi connectivity index (χ1n) is 10.3. The lowest BCUT2D eigenvalue weighted by molar-refractivity contribution is 0.0385. The van der Waals surface area contributed by atoms with Gasteiger partial charge >= 0.3 is 0 Å². The minimum atomic E-state index is -1.19. The van der Waals surface area contributed by atoms with Crippen LogP contribution in [0.15, 0.2) is 52.1 Å². The molecule has 1 aromatic carbocycles. The maximum absolute atomic E-state index is 10.8. The maximum Gasteiger partial charge on any atom is 0.192 e. The average molecular weight is 552 g/mol. The highest BCUT2D eigenvalue weighted by atomic mass is 127. The molecule has 1 aliphatic rings. The number of guanidine groups is 1. The van der Waals surface area contributed by atoms with Crippen molar-refractivity contribution in [2.24, 2.45) is 12.0 Å². The Labute approximate surface area is 204 Å². The SMILES string of the molecule is Cc1nnc(CN=C(NCC(C)(O)c2ccco2)NC2CCOc3ccccc32)n1C.I. The van der Waals surface area contributed by atoms with Gasteiger partial charge in [0.05, 0.1) is 25.5 Å². The van der Waals surface area contributed by atoms with E-state index in [2.05, 4.69) is 26.9 Å². The number of rotatable bonds is 6. The first-order valence-corrected chi connectivity index (χ1v) is 10.3. The molecular formula is C22H29IN6O3. The minimum absolute atomic E-state index is 0. The number of nitrogens with one attached hydrogen (secondary N) is 2. The van der Waals surface area contributed by atoms with Gasteiger partial charge in [-0.3, -0.25) is 0 Å². The normalized spacial score (nSPS) is 17.5. The molecule has 0 radical (unpaired) electrons. The van der Waals surface area contributed by atoms with Crippen LogP contribution in [-0.2, 0) is 19.2 Å². The molecule has 3 N–H and O–H groups in total. The molecule has 172 valence electrons. The standard InChI is InChI=1S/C22H28N6O3.HI/c1-15-26-27-20(28(15)3)13-23-21(24-14-22(2,29)19-9-6-11-31-19)25-17-10-12-30-18-8-5-4-7-16(17)18;/h4-9,11,17,29H,10,12-14H2,1-3H3,(H2,23,24,25);1H. The number of hydrogen-bond donors (Lipinski definition) is 3. The topological polar surface area (TPSA) is 110 Å². The van der Waals surface area contributed by atoms with Crippen LogP contribution in [0.3, 0.4) is 0 Å². The summed E-state index contributed by atoms with van der Waals surface area (Å²) >= 11 is 0. The number of fused-ring (bicyclic) bond motifs is 1. The highest BCUT2D eigenvalue weighted by Crippen LogP contribution is 2.31. The van der Waals surface area contributed by atoms with Crippen molar-refractivity contribution in [1.82, 2.24) is 25.4 Å². The fraction of sp³-hybridized carbons (Fsp3) is 0.409. The van der Waals surface area contributed by atoms with E-state index < -0.39 is 5.60 Å². The number of ether oxygens (including phenoxy) is 1. The smallest absolute Gasteiger partial charge is 0.192 e. The molecule has 0 saturated carbocycles. The van der Waals surface area contributed by atoms with Gasteiger partial charge in [-0.25, -0.2) is 4.99 Å². The van der Waals surface area contributed by atoms with Crippen LogP contribution in [0, 0.1) is 6.92 Å². The van der Waals surface area contributed by atoms with E-state index in [1.54, 1.807) is 25.3 Å². The fourth-order valence-corrected chi connectivity index (χ4v) is 3.48. The summed E-state index contributed by atoms with van der Waals surface area (Å²) in [5.41, 5.74) is -0.114. The van der Waals surface area contributed by atoms with Crippen molar-refractivity contribution < 1.29 is 14.3 Å². The van der Waals surface area contributed by atoms with Crippen molar-refractivity contribution >= 4 is 29.9 Å². The molecule has 0 amide bonds. The highest BCUT2D eigenvalue weighted by Gasteiger charge is 2.28. The Morgan fingerprint density at radius 3 is 2.81 bits per heavy atom. The molecule has 0 aliphatic carbocycles. The predicted octanol–water partition coefficient (Wildman–Crippen LogP) is 2.80. The van der Waals surface area contributed by atoms with Crippen LogP contribution in [0.25, 0.3) is 0 Å². The molecule has 2 unspecified atom stereocenters. The van der Waals surface area contributed by atoms with E-state index in [0.29, 0.717) is 24.9 Å². The third-order valence-electron chi connectivity index (χ3n) is 5.48. The van der Waals surface area contributed by atoms with E-state index in [1.807, 2.05) is 36.7 Å². The van der Waals surface area contributed by atoms with Gasteiger partial charge in [-0.15, -0.1) is 34.2 Å². The van der Waals surface area contributed by atoms with E-state index in [1.165, 1.54) is 0 Å². The highest BCUT2D eigenvalue weighted by molar-refractivity contribution is 14.0. The Kier molecular flexibility index (Phi) is 7.77. The number of aliphatic imine (C=N–C) groups is 1. The Bertz CT molecular complexity index is 1050. The number of aromatic nitrogens is 3. The summed E-state index contributed by atoms with van der Waals surface area (Å²) in [5.74, 6) is 3.50. The Balaban J connectivity index is 0.00000289. The molecule has 3 aromatic rings. The molecule has 2 atom stereocenters. The molecule has 0 spiro atoms. The zero-order valence-electron chi connectivity index (χ0n) is 18.4. The molecule has 32 heavy (non-hydrogen) atoms. The number of halogens is 1. The van der Waals surface area contributed by atoms with Crippen molar-refractivity contribution in [2.75, 3.05) is 13.2 Å². The average Bonchev–Trinajstić information content (AvgIpc) is 3.42. The minimum Gasteiger partial charge on any atom is -0.493 e. The van der Waals surface area contributed by atoms with E-state index in [9.17, 15) is 5.11 Å². The molecule has 9 nitrogen and oxygen atoms in total. The first kappa shape index (κ1) is 24.1. The second-order valence-corrected chi connectivity index (χ2v) is 7.86. The van der Waals surface area contributed by atoms with Crippen LogP contribution in [0.2, 0.25) is 0 Å². The summed E-state index contributed by atoms with van der Waals surface area (Å²) in [6.07, 6.45) is 2.35. The molecule has 10 heteroatoms. The lowest BCUT2D eigenvalue weighted by atomic mass is 10.0. The van der Waals surface area contributed by atoms with Gasteiger partial charge < -0.3 is 29.5 Å². The summed E-state index contributed by atoms with van der Waals surface area (Å²) in [4.78, 5) is 4.71. The van der Waals surface area contributed by atoms with Gasteiger partial charge in [-0.2, -0.15) is 0 Å². The number of para-hydroxylation sites is 1. The van der Waals surface area contributed by atoms with Crippen molar-refractivity contribution in [1.29, 1.82) is 0 Å². The van der Waals surface area contributed by atoms with Crippen LogP contribution >= 0.6 is 24.0 Å². The van der Waals surface area contributed by atoms with Crippen LogP contribution in [0.1, 0.15) is 42.4 Å². The van der Waals surface area contributed by atoms with Gasteiger partial charge in [0.25, 0.3) is 0 Å². The van der Waals surface area contributed by atoms with Crippen molar-refractivity contribution in [2.45, 2.75) is 38.5 Å². The lowest BCUT2D eigenvalue weighted by Crippen LogP contribution is -2.46. The molecule has 0 bridgehead atoms. The zero-order chi connectivity index (χ0) is 21.8. The number of nitrogens with zero attached hydrogens (tertiary/aromatic N) is 4. The molecule has 3 heterocycles. The zero-order valence-corrected chi connectivity index (χ0v) is 20.7. The van der Waals surface area contributed by atoms with Crippen LogP contribution in [0.4, 0.5) is 0 Å². The summed E-state index contributed by atoms with van der Waals surface area (Å²) in [5, 5.41) is 25.9. The van der Waals surface area contributed by atoms with Crippen molar-refractivity contribution in [3.8, 4) is 5.75 Å². The third kappa shape index (κ3) is 5.41. The van der Waals surface area contributed by atoms with E-state index in [0.717, 1.165) is 29.4 Å². The van der Waals surface area contributed by atoms with E-state index in [4.69, 9.17) is 14.1 Å². The summed E-state index contributed by atoms with van der Waals surface area (Å²) in [7, 11) is 1.91. The predicted molar refractivity (Wildman–Crippen MR) is 131 cm³/mol.